The SMILES string of the molecule is Cc1ccc(NC(=O)CN2CCCC(C)C2)cc1Br. The van der Waals surface area contributed by atoms with E-state index < -0.39 is 0 Å². The number of hydrogen-bond acceptors (Lipinski definition) is 2. The fourth-order valence-electron chi connectivity index (χ4n) is 2.50. The topological polar surface area (TPSA) is 32.3 Å². The van der Waals surface area contributed by atoms with Crippen molar-refractivity contribution in [1.29, 1.82) is 0 Å². The predicted octanol–water partition coefficient (Wildman–Crippen LogP) is 3.43. The van der Waals surface area contributed by atoms with E-state index in [1.165, 1.54) is 18.4 Å². The number of carbonyl (C=O) groups excluding carboxylic acids is 1. The quantitative estimate of drug-likeness (QED) is 0.923. The highest BCUT2D eigenvalue weighted by atomic mass is 79.9. The van der Waals surface area contributed by atoms with Gasteiger partial charge in [0.1, 0.15) is 0 Å². The zero-order valence-electron chi connectivity index (χ0n) is 11.6. The molecule has 1 saturated heterocycles. The third-order valence-corrected chi connectivity index (χ3v) is 4.42. The van der Waals surface area contributed by atoms with Crippen molar-refractivity contribution in [3.05, 3.63) is 28.2 Å². The summed E-state index contributed by atoms with van der Waals surface area (Å²) >= 11 is 3.48. The normalized spacial score (nSPS) is 20.3. The second kappa shape index (κ2) is 6.53. The minimum Gasteiger partial charge on any atom is -0.325 e. The maximum Gasteiger partial charge on any atom is 0.238 e. The van der Waals surface area contributed by atoms with Crippen LogP contribution in [0.15, 0.2) is 22.7 Å². The lowest BCUT2D eigenvalue weighted by atomic mass is 10.0. The maximum atomic E-state index is 12.0. The molecule has 1 aromatic rings. The van der Waals surface area contributed by atoms with Gasteiger partial charge in [0.2, 0.25) is 5.91 Å². The number of halogens is 1. The lowest BCUT2D eigenvalue weighted by Gasteiger charge is -2.30. The van der Waals surface area contributed by atoms with Gasteiger partial charge in [0.15, 0.2) is 0 Å². The molecule has 104 valence electrons. The summed E-state index contributed by atoms with van der Waals surface area (Å²) in [6.45, 7) is 6.85. The zero-order valence-corrected chi connectivity index (χ0v) is 13.2. The van der Waals surface area contributed by atoms with Crippen molar-refractivity contribution in [1.82, 2.24) is 4.90 Å². The summed E-state index contributed by atoms with van der Waals surface area (Å²) in [4.78, 5) is 14.3. The molecule has 0 saturated carbocycles. The number of anilines is 1. The summed E-state index contributed by atoms with van der Waals surface area (Å²) in [6.07, 6.45) is 2.48. The highest BCUT2D eigenvalue weighted by Gasteiger charge is 2.18. The van der Waals surface area contributed by atoms with Gasteiger partial charge in [-0.05, 0) is 49.9 Å². The lowest BCUT2D eigenvalue weighted by molar-refractivity contribution is -0.117. The molecule has 2 rings (SSSR count). The highest BCUT2D eigenvalue weighted by Crippen LogP contribution is 2.21. The van der Waals surface area contributed by atoms with E-state index in [2.05, 4.69) is 33.1 Å². The van der Waals surface area contributed by atoms with Crippen molar-refractivity contribution >= 4 is 27.5 Å². The van der Waals surface area contributed by atoms with Crippen molar-refractivity contribution < 1.29 is 4.79 Å². The molecule has 1 fully saturated rings. The van der Waals surface area contributed by atoms with Gasteiger partial charge in [-0.3, -0.25) is 9.69 Å². The Bertz CT molecular complexity index is 461. The van der Waals surface area contributed by atoms with E-state index in [0.717, 1.165) is 23.2 Å². The second-order valence-electron chi connectivity index (χ2n) is 5.49. The summed E-state index contributed by atoms with van der Waals surface area (Å²) in [5.41, 5.74) is 2.02. The molecule has 3 nitrogen and oxygen atoms in total. The molecule has 19 heavy (non-hydrogen) atoms. The van der Waals surface area contributed by atoms with E-state index in [-0.39, 0.29) is 5.91 Å². The predicted molar refractivity (Wildman–Crippen MR) is 82.3 cm³/mol. The molecule has 1 N–H and O–H groups in total. The third-order valence-electron chi connectivity index (χ3n) is 3.56. The molecule has 0 spiro atoms. The fraction of sp³-hybridized carbons (Fsp3) is 0.533. The van der Waals surface area contributed by atoms with Crippen molar-refractivity contribution in [2.75, 3.05) is 25.0 Å². The van der Waals surface area contributed by atoms with Crippen LogP contribution >= 0.6 is 15.9 Å². The van der Waals surface area contributed by atoms with E-state index in [4.69, 9.17) is 0 Å². The summed E-state index contributed by atoms with van der Waals surface area (Å²) in [5, 5.41) is 2.96. The summed E-state index contributed by atoms with van der Waals surface area (Å²) in [6, 6.07) is 5.89. The molecule has 4 heteroatoms. The van der Waals surface area contributed by atoms with Crippen LogP contribution in [0.25, 0.3) is 0 Å². The minimum atomic E-state index is 0.0739. The summed E-state index contributed by atoms with van der Waals surface area (Å²) < 4.78 is 1.02. The average Bonchev–Trinajstić information content (AvgIpc) is 2.34. The molecule has 0 aromatic heterocycles. The van der Waals surface area contributed by atoms with Gasteiger partial charge in [-0.25, -0.2) is 0 Å². The Morgan fingerprint density at radius 3 is 3.00 bits per heavy atom. The first-order chi connectivity index (χ1) is 9.04. The molecule has 1 aliphatic heterocycles. The van der Waals surface area contributed by atoms with Crippen LogP contribution in [0.1, 0.15) is 25.3 Å². The Morgan fingerprint density at radius 1 is 1.53 bits per heavy atom. The van der Waals surface area contributed by atoms with Crippen LogP contribution < -0.4 is 5.32 Å². The van der Waals surface area contributed by atoms with Gasteiger partial charge in [0.05, 0.1) is 6.54 Å². The number of piperidine rings is 1. The van der Waals surface area contributed by atoms with Crippen LogP contribution in [0.4, 0.5) is 5.69 Å². The number of hydrogen-bond donors (Lipinski definition) is 1. The lowest BCUT2D eigenvalue weighted by Crippen LogP contribution is -2.39. The van der Waals surface area contributed by atoms with E-state index in [1.807, 2.05) is 25.1 Å². The number of benzene rings is 1. The van der Waals surface area contributed by atoms with Crippen LogP contribution in [0, 0.1) is 12.8 Å². The molecular formula is C15H21BrN2O. The smallest absolute Gasteiger partial charge is 0.238 e. The number of aryl methyl sites for hydroxylation is 1. The van der Waals surface area contributed by atoms with Gasteiger partial charge in [-0.2, -0.15) is 0 Å². The third kappa shape index (κ3) is 4.32. The number of nitrogens with zero attached hydrogens (tertiary/aromatic N) is 1. The number of amides is 1. The molecule has 1 amide bonds. The molecule has 1 aromatic carbocycles. The minimum absolute atomic E-state index is 0.0739. The van der Waals surface area contributed by atoms with E-state index in [1.54, 1.807) is 0 Å². The molecule has 0 aliphatic carbocycles. The largest absolute Gasteiger partial charge is 0.325 e. The monoisotopic (exact) mass is 324 g/mol. The molecule has 0 bridgehead atoms. The van der Waals surface area contributed by atoms with Crippen LogP contribution in [0.5, 0.6) is 0 Å². The first-order valence-corrected chi connectivity index (χ1v) is 7.62. The number of nitrogens with one attached hydrogen (secondary N) is 1. The standard InChI is InChI=1S/C15H21BrN2O/c1-11-4-3-7-18(9-11)10-15(19)17-13-6-5-12(2)14(16)8-13/h5-6,8,11H,3-4,7,9-10H2,1-2H3,(H,17,19). The fourth-order valence-corrected chi connectivity index (χ4v) is 2.88. The number of rotatable bonds is 3. The van der Waals surface area contributed by atoms with Crippen LogP contribution in [0.2, 0.25) is 0 Å². The molecule has 1 unspecified atom stereocenters. The van der Waals surface area contributed by atoms with Crippen molar-refractivity contribution in [2.24, 2.45) is 5.92 Å². The molecule has 1 aliphatic rings. The van der Waals surface area contributed by atoms with Crippen LogP contribution in [0.3, 0.4) is 0 Å². The molecule has 1 heterocycles. The van der Waals surface area contributed by atoms with Crippen molar-refractivity contribution in [3.63, 3.8) is 0 Å². The first-order valence-electron chi connectivity index (χ1n) is 6.83. The Hall–Kier alpha value is -0.870. The maximum absolute atomic E-state index is 12.0. The van der Waals surface area contributed by atoms with Gasteiger partial charge in [-0.15, -0.1) is 0 Å². The van der Waals surface area contributed by atoms with Crippen LogP contribution in [-0.4, -0.2) is 30.4 Å². The van der Waals surface area contributed by atoms with E-state index in [0.29, 0.717) is 12.5 Å². The Balaban J connectivity index is 1.88. The first kappa shape index (κ1) is 14.5. The van der Waals surface area contributed by atoms with E-state index in [9.17, 15) is 4.79 Å². The van der Waals surface area contributed by atoms with Gasteiger partial charge in [0.25, 0.3) is 0 Å². The zero-order chi connectivity index (χ0) is 13.8. The molecule has 0 radical (unpaired) electrons. The Labute approximate surface area is 123 Å². The Morgan fingerprint density at radius 2 is 2.32 bits per heavy atom. The van der Waals surface area contributed by atoms with Gasteiger partial charge in [-0.1, -0.05) is 28.9 Å². The Kier molecular flexibility index (Phi) is 4.99. The highest BCUT2D eigenvalue weighted by molar-refractivity contribution is 9.10. The molecular weight excluding hydrogens is 304 g/mol. The van der Waals surface area contributed by atoms with Gasteiger partial charge < -0.3 is 5.32 Å². The second-order valence-corrected chi connectivity index (χ2v) is 6.35. The molecule has 1 atom stereocenters. The van der Waals surface area contributed by atoms with Gasteiger partial charge in [0, 0.05) is 16.7 Å². The average molecular weight is 325 g/mol. The van der Waals surface area contributed by atoms with Crippen molar-refractivity contribution in [3.8, 4) is 0 Å². The number of carbonyl (C=O) groups is 1. The summed E-state index contributed by atoms with van der Waals surface area (Å²) in [7, 11) is 0. The van der Waals surface area contributed by atoms with Gasteiger partial charge >= 0.3 is 0 Å². The van der Waals surface area contributed by atoms with Crippen molar-refractivity contribution in [2.45, 2.75) is 26.7 Å². The van der Waals surface area contributed by atoms with E-state index >= 15 is 0 Å². The number of likely N-dealkylation sites (tertiary alicyclic amines) is 1. The summed E-state index contributed by atoms with van der Waals surface area (Å²) in [5.74, 6) is 0.778. The van der Waals surface area contributed by atoms with Crippen LogP contribution in [-0.2, 0) is 4.79 Å².